The van der Waals surface area contributed by atoms with Crippen LogP contribution >= 0.6 is 0 Å². The minimum atomic E-state index is -0.273. The number of nitrogen functional groups attached to an aromatic ring is 1. The van der Waals surface area contributed by atoms with Crippen LogP contribution in [0, 0.1) is 0 Å². The van der Waals surface area contributed by atoms with E-state index in [2.05, 4.69) is 19.2 Å². The Bertz CT molecular complexity index is 752. The van der Waals surface area contributed by atoms with Crippen molar-refractivity contribution in [3.8, 4) is 5.75 Å². The van der Waals surface area contributed by atoms with Crippen LogP contribution in [0.3, 0.4) is 0 Å². The van der Waals surface area contributed by atoms with E-state index < -0.39 is 0 Å². The van der Waals surface area contributed by atoms with Crippen LogP contribution in [0.25, 0.3) is 0 Å². The molecular formula is C20H24N2O3. The molecule has 0 aromatic heterocycles. The number of carbonyl (C=O) groups excluding carboxylic acids is 2. The van der Waals surface area contributed by atoms with Crippen molar-refractivity contribution in [2.45, 2.75) is 33.1 Å². The topological polar surface area (TPSA) is 81.4 Å². The smallest absolute Gasteiger partial charge is 0.262 e. The van der Waals surface area contributed by atoms with E-state index in [0.717, 1.165) is 5.69 Å². The zero-order valence-electron chi connectivity index (χ0n) is 14.8. The van der Waals surface area contributed by atoms with Gasteiger partial charge in [-0.15, -0.1) is 0 Å². The second kappa shape index (κ2) is 8.33. The van der Waals surface area contributed by atoms with Gasteiger partial charge in [-0.1, -0.05) is 32.9 Å². The summed E-state index contributed by atoms with van der Waals surface area (Å²) in [5.41, 5.74) is 8.70. The lowest BCUT2D eigenvalue weighted by atomic mass is 10.0. The molecule has 0 saturated carbocycles. The third-order valence-corrected chi connectivity index (χ3v) is 3.87. The van der Waals surface area contributed by atoms with Gasteiger partial charge >= 0.3 is 0 Å². The van der Waals surface area contributed by atoms with Crippen LogP contribution in [0.5, 0.6) is 5.75 Å². The van der Waals surface area contributed by atoms with Gasteiger partial charge < -0.3 is 15.8 Å². The van der Waals surface area contributed by atoms with Crippen LogP contribution in [-0.2, 0) is 4.79 Å². The fraction of sp³-hybridized carbons (Fsp3) is 0.300. The summed E-state index contributed by atoms with van der Waals surface area (Å²) < 4.78 is 5.45. The number of rotatable bonds is 7. The number of nitrogens with one attached hydrogen (secondary N) is 1. The number of benzene rings is 2. The van der Waals surface area contributed by atoms with Gasteiger partial charge in [-0.3, -0.25) is 9.59 Å². The standard InChI is InChI=1S/C20H24N2O3/c1-4-18(23)15-7-10-19(17(21)11-15)25-12-20(24)22-16-8-5-14(6-9-16)13(2)3/h5-11,13H,4,12,21H2,1-3H3,(H,22,24). The molecule has 2 rings (SSSR count). The van der Waals surface area contributed by atoms with Crippen LogP contribution in [0.15, 0.2) is 42.5 Å². The highest BCUT2D eigenvalue weighted by molar-refractivity contribution is 5.97. The summed E-state index contributed by atoms with van der Waals surface area (Å²) in [5, 5.41) is 2.78. The van der Waals surface area contributed by atoms with Crippen molar-refractivity contribution in [2.75, 3.05) is 17.7 Å². The summed E-state index contributed by atoms with van der Waals surface area (Å²) in [7, 11) is 0. The zero-order valence-corrected chi connectivity index (χ0v) is 14.8. The number of amides is 1. The normalized spacial score (nSPS) is 10.6. The maximum Gasteiger partial charge on any atom is 0.262 e. The van der Waals surface area contributed by atoms with Crippen molar-refractivity contribution in [1.29, 1.82) is 0 Å². The zero-order chi connectivity index (χ0) is 18.4. The molecule has 0 saturated heterocycles. The first-order valence-corrected chi connectivity index (χ1v) is 8.36. The van der Waals surface area contributed by atoms with E-state index in [1.807, 2.05) is 24.3 Å². The number of hydrogen-bond acceptors (Lipinski definition) is 4. The molecule has 25 heavy (non-hydrogen) atoms. The van der Waals surface area contributed by atoms with E-state index in [9.17, 15) is 9.59 Å². The fourth-order valence-electron chi connectivity index (χ4n) is 2.35. The summed E-state index contributed by atoms with van der Waals surface area (Å²) >= 11 is 0. The minimum Gasteiger partial charge on any atom is -0.482 e. The summed E-state index contributed by atoms with van der Waals surface area (Å²) in [6, 6.07) is 12.6. The van der Waals surface area contributed by atoms with E-state index in [0.29, 0.717) is 29.3 Å². The van der Waals surface area contributed by atoms with Gasteiger partial charge in [0.1, 0.15) is 5.75 Å². The average molecular weight is 340 g/mol. The number of anilines is 2. The Morgan fingerprint density at radius 2 is 1.80 bits per heavy atom. The summed E-state index contributed by atoms with van der Waals surface area (Å²) in [4.78, 5) is 23.7. The number of ether oxygens (including phenoxy) is 1. The highest BCUT2D eigenvalue weighted by atomic mass is 16.5. The molecule has 3 N–H and O–H groups in total. The highest BCUT2D eigenvalue weighted by Gasteiger charge is 2.09. The summed E-state index contributed by atoms with van der Waals surface area (Å²) in [6.07, 6.45) is 0.414. The molecular weight excluding hydrogens is 316 g/mol. The van der Waals surface area contributed by atoms with Gasteiger partial charge in [-0.25, -0.2) is 0 Å². The van der Waals surface area contributed by atoms with Gasteiger partial charge in [-0.2, -0.15) is 0 Å². The van der Waals surface area contributed by atoms with Gasteiger partial charge in [-0.05, 0) is 41.8 Å². The molecule has 5 heteroatoms. The van der Waals surface area contributed by atoms with Gasteiger partial charge in [0, 0.05) is 17.7 Å². The molecule has 132 valence electrons. The number of nitrogens with two attached hydrogens (primary N) is 1. The first-order valence-electron chi connectivity index (χ1n) is 8.36. The molecule has 0 aliphatic rings. The van der Waals surface area contributed by atoms with Gasteiger partial charge in [0.05, 0.1) is 5.69 Å². The van der Waals surface area contributed by atoms with Crippen LogP contribution in [0.4, 0.5) is 11.4 Å². The van der Waals surface area contributed by atoms with Crippen molar-refractivity contribution < 1.29 is 14.3 Å². The van der Waals surface area contributed by atoms with Crippen LogP contribution in [0.1, 0.15) is 49.0 Å². The second-order valence-corrected chi connectivity index (χ2v) is 6.14. The predicted octanol–water partition coefficient (Wildman–Crippen LogP) is 4.00. The molecule has 0 radical (unpaired) electrons. The van der Waals surface area contributed by atoms with Crippen LogP contribution in [-0.4, -0.2) is 18.3 Å². The Hall–Kier alpha value is -2.82. The average Bonchev–Trinajstić information content (AvgIpc) is 2.60. The molecule has 0 fully saturated rings. The summed E-state index contributed by atoms with van der Waals surface area (Å²) in [5.74, 6) is 0.572. The second-order valence-electron chi connectivity index (χ2n) is 6.14. The van der Waals surface area contributed by atoms with Crippen molar-refractivity contribution in [1.82, 2.24) is 0 Å². The quantitative estimate of drug-likeness (QED) is 0.589. The number of hydrogen-bond donors (Lipinski definition) is 2. The van der Waals surface area contributed by atoms with Crippen molar-refractivity contribution in [2.24, 2.45) is 0 Å². The van der Waals surface area contributed by atoms with E-state index in [4.69, 9.17) is 10.5 Å². The number of Topliss-reactive ketones (excluding diaryl/α,β-unsaturated/α-hetero) is 1. The van der Waals surface area contributed by atoms with Gasteiger partial charge in [0.2, 0.25) is 0 Å². The van der Waals surface area contributed by atoms with Crippen molar-refractivity contribution in [3.63, 3.8) is 0 Å². The van der Waals surface area contributed by atoms with Gasteiger partial charge in [0.25, 0.3) is 5.91 Å². The fourth-order valence-corrected chi connectivity index (χ4v) is 2.35. The SMILES string of the molecule is CCC(=O)c1ccc(OCC(=O)Nc2ccc(C(C)C)cc2)c(N)c1. The Morgan fingerprint density at radius 1 is 1.12 bits per heavy atom. The molecule has 1 amide bonds. The first kappa shape index (κ1) is 18.5. The molecule has 0 spiro atoms. The molecule has 0 unspecified atom stereocenters. The molecule has 5 nitrogen and oxygen atoms in total. The molecule has 2 aromatic carbocycles. The van der Waals surface area contributed by atoms with Crippen LogP contribution in [0.2, 0.25) is 0 Å². The highest BCUT2D eigenvalue weighted by Crippen LogP contribution is 2.23. The Kier molecular flexibility index (Phi) is 6.17. The van der Waals surface area contributed by atoms with Crippen LogP contribution < -0.4 is 15.8 Å². The maximum absolute atomic E-state index is 12.0. The van der Waals surface area contributed by atoms with Crippen molar-refractivity contribution >= 4 is 23.1 Å². The lowest BCUT2D eigenvalue weighted by Crippen LogP contribution is -2.20. The lowest BCUT2D eigenvalue weighted by Gasteiger charge is -2.11. The lowest BCUT2D eigenvalue weighted by molar-refractivity contribution is -0.118. The monoisotopic (exact) mass is 340 g/mol. The molecule has 0 aliphatic heterocycles. The number of ketones is 1. The largest absolute Gasteiger partial charge is 0.482 e. The van der Waals surface area contributed by atoms with Gasteiger partial charge in [0.15, 0.2) is 12.4 Å². The third-order valence-electron chi connectivity index (χ3n) is 3.87. The minimum absolute atomic E-state index is 0.0147. The van der Waals surface area contributed by atoms with E-state index in [1.165, 1.54) is 5.56 Å². The summed E-state index contributed by atoms with van der Waals surface area (Å²) in [6.45, 7) is 5.87. The molecule has 0 atom stereocenters. The molecule has 0 heterocycles. The van der Waals surface area contributed by atoms with E-state index >= 15 is 0 Å². The predicted molar refractivity (Wildman–Crippen MR) is 100 cm³/mol. The van der Waals surface area contributed by atoms with Crippen molar-refractivity contribution in [3.05, 3.63) is 53.6 Å². The molecule has 0 bridgehead atoms. The van der Waals surface area contributed by atoms with E-state index in [-0.39, 0.29) is 18.3 Å². The van der Waals surface area contributed by atoms with E-state index in [1.54, 1.807) is 25.1 Å². The molecule has 0 aliphatic carbocycles. The Labute approximate surface area is 148 Å². The maximum atomic E-state index is 12.0. The molecule has 2 aromatic rings. The number of carbonyl (C=O) groups is 2. The first-order chi connectivity index (χ1) is 11.9. The Balaban J connectivity index is 1.92. The third kappa shape index (κ3) is 5.08. The Morgan fingerprint density at radius 3 is 2.36 bits per heavy atom.